The highest BCUT2D eigenvalue weighted by Gasteiger charge is 2.35. The van der Waals surface area contributed by atoms with Crippen LogP contribution >= 0.6 is 0 Å². The van der Waals surface area contributed by atoms with Crippen LogP contribution in [0, 0.1) is 11.3 Å². The van der Waals surface area contributed by atoms with Gasteiger partial charge in [-0.1, -0.05) is 31.5 Å². The predicted molar refractivity (Wildman–Crippen MR) is 98.0 cm³/mol. The summed E-state index contributed by atoms with van der Waals surface area (Å²) in [5.74, 6) is 0.394. The molecule has 0 radical (unpaired) electrons. The third-order valence-corrected chi connectivity index (χ3v) is 4.32. The van der Waals surface area contributed by atoms with Crippen molar-refractivity contribution in [1.82, 2.24) is 4.98 Å². The molecule has 2 heterocycles. The van der Waals surface area contributed by atoms with E-state index in [0.29, 0.717) is 29.2 Å². The van der Waals surface area contributed by atoms with Gasteiger partial charge in [-0.3, -0.25) is 4.79 Å². The summed E-state index contributed by atoms with van der Waals surface area (Å²) in [7, 11) is 0. The zero-order valence-corrected chi connectivity index (χ0v) is 14.8. The number of fused-ring (bicyclic) bond motifs is 1. The number of para-hydroxylation sites is 1. The third kappa shape index (κ3) is 3.04. The van der Waals surface area contributed by atoms with Gasteiger partial charge in [0.1, 0.15) is 23.1 Å². The van der Waals surface area contributed by atoms with Gasteiger partial charge >= 0.3 is 0 Å². The molecule has 3 rings (SSSR count). The van der Waals surface area contributed by atoms with Crippen LogP contribution in [0.2, 0.25) is 0 Å². The summed E-state index contributed by atoms with van der Waals surface area (Å²) in [6.45, 7) is 4.38. The lowest BCUT2D eigenvalue weighted by atomic mass is 9.83. The van der Waals surface area contributed by atoms with Gasteiger partial charge in [0.05, 0.1) is 18.1 Å². The minimum atomic E-state index is -0.633. The number of nitrogens with two attached hydrogens (primary N) is 1. The number of rotatable bonds is 5. The fourth-order valence-electron chi connectivity index (χ4n) is 3.26. The van der Waals surface area contributed by atoms with E-state index in [2.05, 4.69) is 11.1 Å². The van der Waals surface area contributed by atoms with Crippen LogP contribution in [0.5, 0.6) is 11.5 Å². The fourth-order valence-corrected chi connectivity index (χ4v) is 3.26. The zero-order chi connectivity index (χ0) is 18.7. The van der Waals surface area contributed by atoms with E-state index in [9.17, 15) is 10.1 Å². The van der Waals surface area contributed by atoms with E-state index in [0.717, 1.165) is 18.5 Å². The average Bonchev–Trinajstić information content (AvgIpc) is 2.61. The molecule has 0 saturated heterocycles. The van der Waals surface area contributed by atoms with Crippen molar-refractivity contribution < 1.29 is 9.47 Å². The lowest BCUT2D eigenvalue weighted by molar-refractivity contribution is 0.334. The van der Waals surface area contributed by atoms with Crippen LogP contribution in [0.25, 0.3) is 0 Å². The van der Waals surface area contributed by atoms with Crippen LogP contribution in [-0.2, 0) is 6.42 Å². The molecule has 6 nitrogen and oxygen atoms in total. The Labute approximate surface area is 151 Å². The topological polar surface area (TPSA) is 101 Å². The Morgan fingerprint density at radius 2 is 2.12 bits per heavy atom. The molecule has 1 unspecified atom stereocenters. The number of aromatic amines is 1. The smallest absolute Gasteiger partial charge is 0.256 e. The molecule has 0 saturated carbocycles. The third-order valence-electron chi connectivity index (χ3n) is 4.32. The highest BCUT2D eigenvalue weighted by molar-refractivity contribution is 5.57. The Kier molecular flexibility index (Phi) is 4.99. The van der Waals surface area contributed by atoms with Crippen molar-refractivity contribution in [2.45, 2.75) is 32.6 Å². The summed E-state index contributed by atoms with van der Waals surface area (Å²) < 4.78 is 11.3. The molecule has 6 heteroatoms. The maximum Gasteiger partial charge on any atom is 0.256 e. The lowest BCUT2D eigenvalue weighted by Crippen LogP contribution is -2.28. The van der Waals surface area contributed by atoms with E-state index in [1.807, 2.05) is 38.1 Å². The summed E-state index contributed by atoms with van der Waals surface area (Å²) in [4.78, 5) is 15.7. The Bertz CT molecular complexity index is 954. The second-order valence-electron chi connectivity index (χ2n) is 6.05. The maximum absolute atomic E-state index is 12.8. The molecule has 1 aromatic carbocycles. The molecular formula is C20H21N3O3. The van der Waals surface area contributed by atoms with Crippen LogP contribution < -0.4 is 20.8 Å². The van der Waals surface area contributed by atoms with Crippen LogP contribution in [0.3, 0.4) is 0 Å². The first-order chi connectivity index (χ1) is 12.6. The number of nitrogens with one attached hydrogen (secondary N) is 1. The summed E-state index contributed by atoms with van der Waals surface area (Å²) in [6.07, 6.45) is 1.61. The minimum Gasteiger partial charge on any atom is -0.494 e. The molecule has 26 heavy (non-hydrogen) atoms. The molecule has 134 valence electrons. The van der Waals surface area contributed by atoms with Crippen molar-refractivity contribution in [3.8, 4) is 17.6 Å². The van der Waals surface area contributed by atoms with Gasteiger partial charge in [-0.15, -0.1) is 0 Å². The number of aromatic nitrogens is 1. The number of H-pyrrole nitrogens is 1. The van der Waals surface area contributed by atoms with E-state index in [4.69, 9.17) is 15.2 Å². The Morgan fingerprint density at radius 3 is 2.81 bits per heavy atom. The molecule has 0 amide bonds. The number of nitriles is 1. The van der Waals surface area contributed by atoms with Gasteiger partial charge in [0.25, 0.3) is 5.56 Å². The molecule has 0 spiro atoms. The van der Waals surface area contributed by atoms with E-state index < -0.39 is 5.92 Å². The van der Waals surface area contributed by atoms with Crippen LogP contribution in [-0.4, -0.2) is 11.6 Å². The number of pyridine rings is 1. The van der Waals surface area contributed by atoms with Crippen molar-refractivity contribution in [2.75, 3.05) is 6.61 Å². The zero-order valence-electron chi connectivity index (χ0n) is 14.8. The minimum absolute atomic E-state index is 0.0179. The average molecular weight is 351 g/mol. The quantitative estimate of drug-likeness (QED) is 0.862. The Morgan fingerprint density at radius 1 is 1.35 bits per heavy atom. The van der Waals surface area contributed by atoms with Crippen LogP contribution in [0.1, 0.15) is 43.0 Å². The summed E-state index contributed by atoms with van der Waals surface area (Å²) in [5.41, 5.74) is 7.81. The molecule has 3 N–H and O–H groups in total. The highest BCUT2D eigenvalue weighted by atomic mass is 16.5. The lowest BCUT2D eigenvalue weighted by Gasteiger charge is -2.27. The number of allylic oxidation sites excluding steroid dienone is 1. The Hall–Kier alpha value is -3.20. The Balaban J connectivity index is 2.25. The van der Waals surface area contributed by atoms with Crippen molar-refractivity contribution in [3.63, 3.8) is 0 Å². The first kappa shape index (κ1) is 17.6. The molecule has 1 aliphatic heterocycles. The molecule has 0 fully saturated rings. The number of benzene rings is 1. The first-order valence-corrected chi connectivity index (χ1v) is 8.66. The van der Waals surface area contributed by atoms with E-state index in [1.165, 1.54) is 0 Å². The van der Waals surface area contributed by atoms with Crippen LogP contribution in [0.4, 0.5) is 0 Å². The highest BCUT2D eigenvalue weighted by Crippen LogP contribution is 2.43. The van der Waals surface area contributed by atoms with Gasteiger partial charge in [0.15, 0.2) is 0 Å². The molecule has 0 bridgehead atoms. The van der Waals surface area contributed by atoms with Gasteiger partial charge in [0, 0.05) is 17.3 Å². The first-order valence-electron chi connectivity index (χ1n) is 8.66. The number of hydrogen-bond acceptors (Lipinski definition) is 5. The number of nitrogens with zero attached hydrogens (tertiary/aromatic N) is 1. The molecular weight excluding hydrogens is 330 g/mol. The second kappa shape index (κ2) is 7.36. The summed E-state index contributed by atoms with van der Waals surface area (Å²) in [5, 5.41) is 9.65. The van der Waals surface area contributed by atoms with Crippen molar-refractivity contribution >= 4 is 0 Å². The summed E-state index contributed by atoms with van der Waals surface area (Å²) >= 11 is 0. The van der Waals surface area contributed by atoms with Gasteiger partial charge < -0.3 is 20.2 Å². The van der Waals surface area contributed by atoms with E-state index in [-0.39, 0.29) is 17.0 Å². The summed E-state index contributed by atoms with van der Waals surface area (Å²) in [6, 6.07) is 11.2. The van der Waals surface area contributed by atoms with Crippen molar-refractivity contribution in [2.24, 2.45) is 5.73 Å². The SMILES string of the molecule is CCCc1cc2c(c(=O)[nH]1)C(c1ccccc1OCC)C(C#N)=C(N)O2. The number of aryl methyl sites for hydroxylation is 1. The monoisotopic (exact) mass is 351 g/mol. The normalized spacial score (nSPS) is 15.8. The molecule has 1 atom stereocenters. The van der Waals surface area contributed by atoms with Crippen LogP contribution in [0.15, 0.2) is 46.6 Å². The van der Waals surface area contributed by atoms with Gasteiger partial charge in [-0.05, 0) is 19.4 Å². The maximum atomic E-state index is 12.8. The molecule has 1 aliphatic rings. The van der Waals surface area contributed by atoms with Gasteiger partial charge in [0.2, 0.25) is 5.88 Å². The number of hydrogen-bond donors (Lipinski definition) is 2. The molecule has 1 aromatic heterocycles. The van der Waals surface area contributed by atoms with E-state index >= 15 is 0 Å². The van der Waals surface area contributed by atoms with E-state index in [1.54, 1.807) is 6.07 Å². The predicted octanol–water partition coefficient (Wildman–Crippen LogP) is 2.94. The largest absolute Gasteiger partial charge is 0.494 e. The van der Waals surface area contributed by atoms with Crippen molar-refractivity contribution in [1.29, 1.82) is 5.26 Å². The number of ether oxygens (including phenoxy) is 2. The van der Waals surface area contributed by atoms with Crippen molar-refractivity contribution in [3.05, 3.63) is 69.0 Å². The fraction of sp³-hybridized carbons (Fsp3) is 0.300. The molecule has 0 aliphatic carbocycles. The standard InChI is InChI=1S/C20H21N3O3/c1-3-7-12-10-16-18(20(24)23-12)17(14(11-21)19(22)26-16)13-8-5-6-9-15(13)25-4-2/h5-6,8-10,17H,3-4,7,22H2,1-2H3,(H,23,24). The van der Waals surface area contributed by atoms with Gasteiger partial charge in [-0.2, -0.15) is 5.26 Å². The van der Waals surface area contributed by atoms with Gasteiger partial charge in [-0.25, -0.2) is 0 Å². The molecule has 2 aromatic rings. The second-order valence-corrected chi connectivity index (χ2v) is 6.05.